The van der Waals surface area contributed by atoms with E-state index in [1.54, 1.807) is 23.1 Å². The Balaban J connectivity index is 1.69. The molecule has 128 valence electrons. The smallest absolute Gasteiger partial charge is 0.263 e. The van der Waals surface area contributed by atoms with E-state index in [1.165, 1.54) is 16.2 Å². The lowest BCUT2D eigenvalue weighted by Crippen LogP contribution is -2.40. The summed E-state index contributed by atoms with van der Waals surface area (Å²) < 4.78 is 0. The standard InChI is InChI=1S/C17H20N2O2S3/c1-3-18(16(21)13-6-4-10-22-13)8-9-19-15(20)12(2)24-17(19)14-7-5-11-23-14/h4-7,10-12,17H,3,8-9H2,1-2H3/t12-,17-/m1/s1. The summed E-state index contributed by atoms with van der Waals surface area (Å²) >= 11 is 4.83. The molecule has 3 rings (SSSR count). The van der Waals surface area contributed by atoms with Crippen LogP contribution >= 0.6 is 34.4 Å². The number of thioether (sulfide) groups is 1. The highest BCUT2D eigenvalue weighted by Crippen LogP contribution is 2.44. The Morgan fingerprint density at radius 1 is 1.25 bits per heavy atom. The summed E-state index contributed by atoms with van der Waals surface area (Å²) in [6, 6.07) is 7.84. The van der Waals surface area contributed by atoms with E-state index in [0.29, 0.717) is 19.6 Å². The first-order valence-electron chi connectivity index (χ1n) is 7.94. The van der Waals surface area contributed by atoms with Crippen LogP contribution in [0.4, 0.5) is 0 Å². The fourth-order valence-electron chi connectivity index (χ4n) is 2.74. The number of likely N-dealkylation sites (N-methyl/N-ethyl adjacent to an activating group) is 1. The number of hydrogen-bond acceptors (Lipinski definition) is 5. The van der Waals surface area contributed by atoms with Crippen molar-refractivity contribution in [1.82, 2.24) is 9.80 Å². The van der Waals surface area contributed by atoms with Crippen LogP contribution in [0, 0.1) is 0 Å². The van der Waals surface area contributed by atoms with Gasteiger partial charge in [0.1, 0.15) is 5.37 Å². The highest BCUT2D eigenvalue weighted by Gasteiger charge is 2.39. The molecular formula is C17H20N2O2S3. The summed E-state index contributed by atoms with van der Waals surface area (Å²) in [5, 5.41) is 4.00. The van der Waals surface area contributed by atoms with Gasteiger partial charge in [-0.1, -0.05) is 12.1 Å². The molecule has 1 saturated heterocycles. The van der Waals surface area contributed by atoms with Crippen molar-refractivity contribution in [1.29, 1.82) is 0 Å². The van der Waals surface area contributed by atoms with Crippen LogP contribution in [0.2, 0.25) is 0 Å². The first-order chi connectivity index (χ1) is 11.6. The van der Waals surface area contributed by atoms with Crippen molar-refractivity contribution in [2.24, 2.45) is 0 Å². The molecule has 0 unspecified atom stereocenters. The Bertz CT molecular complexity index is 685. The Morgan fingerprint density at radius 2 is 2.00 bits per heavy atom. The van der Waals surface area contributed by atoms with Crippen LogP contribution in [-0.4, -0.2) is 46.5 Å². The van der Waals surface area contributed by atoms with Gasteiger partial charge in [-0.05, 0) is 36.7 Å². The number of carbonyl (C=O) groups is 2. The predicted octanol–water partition coefficient (Wildman–Crippen LogP) is 3.93. The van der Waals surface area contributed by atoms with Crippen LogP contribution < -0.4 is 0 Å². The average molecular weight is 381 g/mol. The van der Waals surface area contributed by atoms with Gasteiger partial charge in [-0.2, -0.15) is 0 Å². The minimum atomic E-state index is -0.0276. The first kappa shape index (κ1) is 17.5. The summed E-state index contributed by atoms with van der Waals surface area (Å²) in [7, 11) is 0. The number of amides is 2. The van der Waals surface area contributed by atoms with Crippen LogP contribution in [0.15, 0.2) is 35.0 Å². The van der Waals surface area contributed by atoms with Gasteiger partial charge < -0.3 is 9.80 Å². The van der Waals surface area contributed by atoms with Gasteiger partial charge in [-0.15, -0.1) is 34.4 Å². The topological polar surface area (TPSA) is 40.6 Å². The number of rotatable bonds is 6. The minimum Gasteiger partial charge on any atom is -0.336 e. The monoisotopic (exact) mass is 380 g/mol. The molecule has 1 fully saturated rings. The van der Waals surface area contributed by atoms with Crippen molar-refractivity contribution >= 4 is 46.2 Å². The number of nitrogens with zero attached hydrogens (tertiary/aromatic N) is 2. The Kier molecular flexibility index (Phi) is 5.63. The SMILES string of the molecule is CCN(CCN1C(=O)[C@@H](C)S[C@@H]1c1cccs1)C(=O)c1cccs1. The molecule has 4 nitrogen and oxygen atoms in total. The Hall–Kier alpha value is -1.31. The van der Waals surface area contributed by atoms with Crippen LogP contribution in [0.5, 0.6) is 0 Å². The van der Waals surface area contributed by atoms with Crippen LogP contribution in [0.25, 0.3) is 0 Å². The minimum absolute atomic E-state index is 0.0276. The van der Waals surface area contributed by atoms with Gasteiger partial charge >= 0.3 is 0 Å². The van der Waals surface area contributed by atoms with E-state index in [1.807, 2.05) is 52.6 Å². The predicted molar refractivity (Wildman–Crippen MR) is 102 cm³/mol. The van der Waals surface area contributed by atoms with E-state index in [-0.39, 0.29) is 22.4 Å². The molecule has 0 bridgehead atoms. The average Bonchev–Trinajstić information content (AvgIpc) is 3.32. The van der Waals surface area contributed by atoms with Crippen LogP contribution in [0.1, 0.15) is 33.8 Å². The van der Waals surface area contributed by atoms with Crippen molar-refractivity contribution < 1.29 is 9.59 Å². The fourth-order valence-corrected chi connectivity index (χ4v) is 5.69. The summed E-state index contributed by atoms with van der Waals surface area (Å²) in [5.41, 5.74) is 0. The van der Waals surface area contributed by atoms with Crippen LogP contribution in [0.3, 0.4) is 0 Å². The zero-order valence-corrected chi connectivity index (χ0v) is 16.1. The fraction of sp³-hybridized carbons (Fsp3) is 0.412. The highest BCUT2D eigenvalue weighted by molar-refractivity contribution is 8.01. The molecule has 1 aliphatic heterocycles. The van der Waals surface area contributed by atoms with E-state index < -0.39 is 0 Å². The second kappa shape index (κ2) is 7.72. The van der Waals surface area contributed by atoms with E-state index in [2.05, 4.69) is 6.07 Å². The van der Waals surface area contributed by atoms with Crippen molar-refractivity contribution in [3.8, 4) is 0 Å². The highest BCUT2D eigenvalue weighted by atomic mass is 32.2. The van der Waals surface area contributed by atoms with Gasteiger partial charge in [-0.3, -0.25) is 9.59 Å². The summed E-state index contributed by atoms with van der Waals surface area (Å²) in [6.45, 7) is 5.72. The maximum Gasteiger partial charge on any atom is 0.263 e. The van der Waals surface area contributed by atoms with Gasteiger partial charge in [0.2, 0.25) is 5.91 Å². The number of thiophene rings is 2. The summed E-state index contributed by atoms with van der Waals surface area (Å²) in [4.78, 5) is 30.7. The molecule has 0 aliphatic carbocycles. The lowest BCUT2D eigenvalue weighted by Gasteiger charge is -2.27. The van der Waals surface area contributed by atoms with Gasteiger partial charge in [-0.25, -0.2) is 0 Å². The van der Waals surface area contributed by atoms with Gasteiger partial charge in [0.15, 0.2) is 0 Å². The lowest BCUT2D eigenvalue weighted by atomic mass is 10.3. The van der Waals surface area contributed by atoms with E-state index in [4.69, 9.17) is 0 Å². The third-order valence-electron chi connectivity index (χ3n) is 4.05. The molecule has 2 aromatic rings. The van der Waals surface area contributed by atoms with Gasteiger partial charge in [0, 0.05) is 24.5 Å². The van der Waals surface area contributed by atoms with Crippen molar-refractivity contribution in [3.05, 3.63) is 44.8 Å². The lowest BCUT2D eigenvalue weighted by molar-refractivity contribution is -0.129. The quantitative estimate of drug-likeness (QED) is 0.762. The molecule has 0 aromatic carbocycles. The van der Waals surface area contributed by atoms with Crippen LogP contribution in [-0.2, 0) is 4.79 Å². The number of carbonyl (C=O) groups excluding carboxylic acids is 2. The molecule has 0 saturated carbocycles. The van der Waals surface area contributed by atoms with Crippen molar-refractivity contribution in [2.75, 3.05) is 19.6 Å². The molecule has 2 atom stereocenters. The number of hydrogen-bond donors (Lipinski definition) is 0. The van der Waals surface area contributed by atoms with E-state index in [9.17, 15) is 9.59 Å². The summed E-state index contributed by atoms with van der Waals surface area (Å²) in [6.07, 6.45) is 0. The zero-order chi connectivity index (χ0) is 17.1. The molecule has 0 spiro atoms. The van der Waals surface area contributed by atoms with Crippen molar-refractivity contribution in [2.45, 2.75) is 24.5 Å². The van der Waals surface area contributed by atoms with Gasteiger partial charge in [0.25, 0.3) is 5.91 Å². The largest absolute Gasteiger partial charge is 0.336 e. The molecule has 2 amide bonds. The van der Waals surface area contributed by atoms with Gasteiger partial charge in [0.05, 0.1) is 10.1 Å². The molecule has 2 aromatic heterocycles. The third-order valence-corrected chi connectivity index (χ3v) is 7.35. The molecule has 0 radical (unpaired) electrons. The molecule has 7 heteroatoms. The normalized spacial score (nSPS) is 20.6. The molecule has 3 heterocycles. The summed E-state index contributed by atoms with van der Waals surface area (Å²) in [5.74, 6) is 0.213. The molecule has 1 aliphatic rings. The first-order valence-corrected chi connectivity index (χ1v) is 10.6. The molecule has 24 heavy (non-hydrogen) atoms. The molecular weight excluding hydrogens is 360 g/mol. The van der Waals surface area contributed by atoms with E-state index in [0.717, 1.165) is 4.88 Å². The zero-order valence-electron chi connectivity index (χ0n) is 13.7. The second-order valence-corrected chi connectivity index (χ2v) is 8.89. The third kappa shape index (κ3) is 3.53. The molecule has 0 N–H and O–H groups in total. The Morgan fingerprint density at radius 3 is 2.62 bits per heavy atom. The van der Waals surface area contributed by atoms with Crippen molar-refractivity contribution in [3.63, 3.8) is 0 Å². The maximum absolute atomic E-state index is 12.5. The Labute approximate surface area is 154 Å². The second-order valence-electron chi connectivity index (χ2n) is 5.54. The van der Waals surface area contributed by atoms with E-state index >= 15 is 0 Å². The maximum atomic E-state index is 12.5.